The maximum absolute atomic E-state index is 13.3. The SMILES string of the molecule is Nc1ccc(F)cc1-c1nc2cc(Cl)c(Cl)cc2[nH]1. The van der Waals surface area contributed by atoms with Gasteiger partial charge in [0, 0.05) is 11.3 Å². The van der Waals surface area contributed by atoms with Gasteiger partial charge in [-0.2, -0.15) is 0 Å². The first-order valence-corrected chi connectivity index (χ1v) is 6.20. The number of nitrogen functional groups attached to an aromatic ring is 1. The fraction of sp³-hybridized carbons (Fsp3) is 0. The summed E-state index contributed by atoms with van der Waals surface area (Å²) in [6.45, 7) is 0. The average Bonchev–Trinajstić information content (AvgIpc) is 2.75. The summed E-state index contributed by atoms with van der Waals surface area (Å²) < 4.78 is 13.3. The van der Waals surface area contributed by atoms with E-state index in [0.29, 0.717) is 38.2 Å². The Hall–Kier alpha value is -1.78. The standard InChI is InChI=1S/C13H8Cl2FN3/c14-8-4-11-12(5-9(8)15)19-13(18-11)7-3-6(16)1-2-10(7)17/h1-5H,17H2,(H,18,19). The first-order valence-electron chi connectivity index (χ1n) is 5.45. The van der Waals surface area contributed by atoms with Crippen molar-refractivity contribution in [1.82, 2.24) is 9.97 Å². The Morgan fingerprint density at radius 3 is 2.63 bits per heavy atom. The molecule has 1 aromatic heterocycles. The zero-order valence-corrected chi connectivity index (χ0v) is 11.1. The third-order valence-electron chi connectivity index (χ3n) is 2.79. The number of hydrogen-bond acceptors (Lipinski definition) is 2. The van der Waals surface area contributed by atoms with Crippen LogP contribution in [0.2, 0.25) is 10.0 Å². The maximum Gasteiger partial charge on any atom is 0.140 e. The van der Waals surface area contributed by atoms with Crippen LogP contribution < -0.4 is 5.73 Å². The Labute approximate surface area is 118 Å². The number of anilines is 1. The van der Waals surface area contributed by atoms with Crippen molar-refractivity contribution in [2.24, 2.45) is 0 Å². The van der Waals surface area contributed by atoms with Crippen LogP contribution in [0.5, 0.6) is 0 Å². The van der Waals surface area contributed by atoms with Gasteiger partial charge in [-0.05, 0) is 30.3 Å². The highest BCUT2D eigenvalue weighted by molar-refractivity contribution is 6.42. The van der Waals surface area contributed by atoms with Crippen LogP contribution in [-0.4, -0.2) is 9.97 Å². The normalized spacial score (nSPS) is 11.1. The smallest absolute Gasteiger partial charge is 0.140 e. The number of nitrogens with two attached hydrogens (primary N) is 1. The van der Waals surface area contributed by atoms with Crippen molar-refractivity contribution >= 4 is 39.9 Å². The van der Waals surface area contributed by atoms with Crippen LogP contribution in [0.15, 0.2) is 30.3 Å². The molecule has 3 aromatic rings. The molecular formula is C13H8Cl2FN3. The molecule has 0 fully saturated rings. The summed E-state index contributed by atoms with van der Waals surface area (Å²) in [4.78, 5) is 7.39. The summed E-state index contributed by atoms with van der Waals surface area (Å²) in [6, 6.07) is 7.45. The molecule has 0 spiro atoms. The average molecular weight is 296 g/mol. The number of hydrogen-bond donors (Lipinski definition) is 2. The number of H-pyrrole nitrogens is 1. The highest BCUT2D eigenvalue weighted by Gasteiger charge is 2.11. The number of aromatic amines is 1. The van der Waals surface area contributed by atoms with Crippen molar-refractivity contribution in [3.63, 3.8) is 0 Å². The molecule has 0 radical (unpaired) electrons. The van der Waals surface area contributed by atoms with Crippen LogP contribution in [0.1, 0.15) is 0 Å². The number of fused-ring (bicyclic) bond motifs is 1. The lowest BCUT2D eigenvalue weighted by atomic mass is 10.1. The second-order valence-corrected chi connectivity index (χ2v) is 4.91. The van der Waals surface area contributed by atoms with Crippen molar-refractivity contribution in [1.29, 1.82) is 0 Å². The maximum atomic E-state index is 13.3. The Bertz CT molecular complexity index is 744. The van der Waals surface area contributed by atoms with Crippen molar-refractivity contribution in [3.05, 3.63) is 46.2 Å². The summed E-state index contributed by atoms with van der Waals surface area (Å²) >= 11 is 11.9. The molecule has 0 saturated heterocycles. The lowest BCUT2D eigenvalue weighted by Crippen LogP contribution is -1.92. The van der Waals surface area contributed by atoms with Crippen LogP contribution in [-0.2, 0) is 0 Å². The summed E-state index contributed by atoms with van der Waals surface area (Å²) in [6.07, 6.45) is 0. The minimum Gasteiger partial charge on any atom is -0.398 e. The minimum absolute atomic E-state index is 0.374. The van der Waals surface area contributed by atoms with Gasteiger partial charge < -0.3 is 10.7 Å². The fourth-order valence-electron chi connectivity index (χ4n) is 1.87. The van der Waals surface area contributed by atoms with E-state index in [1.807, 2.05) is 0 Å². The van der Waals surface area contributed by atoms with E-state index in [9.17, 15) is 4.39 Å². The molecule has 0 saturated carbocycles. The molecule has 0 amide bonds. The Morgan fingerprint density at radius 1 is 1.11 bits per heavy atom. The van der Waals surface area contributed by atoms with Gasteiger partial charge in [0.25, 0.3) is 0 Å². The van der Waals surface area contributed by atoms with Gasteiger partial charge in [-0.1, -0.05) is 23.2 Å². The van der Waals surface area contributed by atoms with Crippen molar-refractivity contribution in [3.8, 4) is 11.4 Å². The molecule has 2 aromatic carbocycles. The Morgan fingerprint density at radius 2 is 1.84 bits per heavy atom. The second kappa shape index (κ2) is 4.40. The number of nitrogens with zero attached hydrogens (tertiary/aromatic N) is 1. The molecule has 3 rings (SSSR count). The van der Waals surface area contributed by atoms with Crippen LogP contribution in [0.3, 0.4) is 0 Å². The second-order valence-electron chi connectivity index (χ2n) is 4.10. The lowest BCUT2D eigenvalue weighted by Gasteiger charge is -2.01. The van der Waals surface area contributed by atoms with Gasteiger partial charge in [0.15, 0.2) is 0 Å². The summed E-state index contributed by atoms with van der Waals surface area (Å²) in [5.41, 5.74) is 8.13. The van der Waals surface area contributed by atoms with E-state index in [4.69, 9.17) is 28.9 Å². The molecule has 96 valence electrons. The predicted molar refractivity (Wildman–Crippen MR) is 75.9 cm³/mol. The number of imidazole rings is 1. The van der Waals surface area contributed by atoms with E-state index >= 15 is 0 Å². The largest absolute Gasteiger partial charge is 0.398 e. The molecular weight excluding hydrogens is 288 g/mol. The summed E-state index contributed by atoms with van der Waals surface area (Å²) in [7, 11) is 0. The van der Waals surface area contributed by atoms with Gasteiger partial charge in [0.1, 0.15) is 11.6 Å². The molecule has 0 aliphatic heterocycles. The first-order chi connectivity index (χ1) is 9.04. The topological polar surface area (TPSA) is 54.7 Å². The molecule has 1 heterocycles. The molecule has 0 bridgehead atoms. The third kappa shape index (κ3) is 2.13. The monoisotopic (exact) mass is 295 g/mol. The van der Waals surface area contributed by atoms with E-state index in [-0.39, 0.29) is 5.82 Å². The van der Waals surface area contributed by atoms with Gasteiger partial charge in [0.05, 0.1) is 21.1 Å². The molecule has 6 heteroatoms. The number of nitrogens with one attached hydrogen (secondary N) is 1. The van der Waals surface area contributed by atoms with Gasteiger partial charge in [0.2, 0.25) is 0 Å². The fourth-order valence-corrected chi connectivity index (χ4v) is 2.19. The van der Waals surface area contributed by atoms with Crippen LogP contribution in [0, 0.1) is 5.82 Å². The number of rotatable bonds is 1. The van der Waals surface area contributed by atoms with Gasteiger partial charge in [-0.25, -0.2) is 9.37 Å². The molecule has 3 N–H and O–H groups in total. The molecule has 0 atom stereocenters. The lowest BCUT2D eigenvalue weighted by molar-refractivity contribution is 0.628. The molecule has 19 heavy (non-hydrogen) atoms. The van der Waals surface area contributed by atoms with Crippen LogP contribution >= 0.6 is 23.2 Å². The van der Waals surface area contributed by atoms with E-state index in [1.165, 1.54) is 18.2 Å². The highest BCUT2D eigenvalue weighted by Crippen LogP contribution is 2.30. The van der Waals surface area contributed by atoms with E-state index in [1.54, 1.807) is 12.1 Å². The molecule has 0 unspecified atom stereocenters. The van der Waals surface area contributed by atoms with Crippen molar-refractivity contribution in [2.45, 2.75) is 0 Å². The molecule has 0 aliphatic carbocycles. The summed E-state index contributed by atoms with van der Waals surface area (Å²) in [5, 5.41) is 0.844. The van der Waals surface area contributed by atoms with Crippen LogP contribution in [0.25, 0.3) is 22.4 Å². The van der Waals surface area contributed by atoms with E-state index in [0.717, 1.165) is 0 Å². The predicted octanol–water partition coefficient (Wildman–Crippen LogP) is 4.26. The quantitative estimate of drug-likeness (QED) is 0.659. The van der Waals surface area contributed by atoms with Gasteiger partial charge in [-0.15, -0.1) is 0 Å². The van der Waals surface area contributed by atoms with Crippen molar-refractivity contribution in [2.75, 3.05) is 5.73 Å². The van der Waals surface area contributed by atoms with E-state index < -0.39 is 0 Å². The number of aromatic nitrogens is 2. The first kappa shape index (κ1) is 12.3. The Balaban J connectivity index is 2.23. The zero-order chi connectivity index (χ0) is 13.6. The van der Waals surface area contributed by atoms with Gasteiger partial charge >= 0.3 is 0 Å². The van der Waals surface area contributed by atoms with Crippen LogP contribution in [0.4, 0.5) is 10.1 Å². The van der Waals surface area contributed by atoms with E-state index in [2.05, 4.69) is 9.97 Å². The highest BCUT2D eigenvalue weighted by atomic mass is 35.5. The zero-order valence-electron chi connectivity index (χ0n) is 9.55. The molecule has 3 nitrogen and oxygen atoms in total. The number of halogens is 3. The minimum atomic E-state index is -0.374. The molecule has 0 aliphatic rings. The number of benzene rings is 2. The van der Waals surface area contributed by atoms with Crippen molar-refractivity contribution < 1.29 is 4.39 Å². The third-order valence-corrected chi connectivity index (χ3v) is 3.52. The summed E-state index contributed by atoms with van der Waals surface area (Å²) in [5.74, 6) is 0.103. The van der Waals surface area contributed by atoms with Gasteiger partial charge in [-0.3, -0.25) is 0 Å². The Kier molecular flexibility index (Phi) is 2.84.